The van der Waals surface area contributed by atoms with E-state index in [1.807, 2.05) is 0 Å². The van der Waals surface area contributed by atoms with E-state index in [0.717, 1.165) is 0 Å². The fraction of sp³-hybridized carbons (Fsp3) is 0.562. The Morgan fingerprint density at radius 1 is 1.21 bits per heavy atom. The van der Waals surface area contributed by atoms with E-state index in [4.69, 9.17) is 0 Å². The zero-order chi connectivity index (χ0) is 14.6. The molecule has 0 aliphatic heterocycles. The van der Waals surface area contributed by atoms with Gasteiger partial charge in [0.15, 0.2) is 0 Å². The standard InChI is InChI=1S/C16H24FNO/c1-10(2)14(11(3)4)9-18-16(19)13-6-7-15(17)12(5)8-13/h6-8,10-11,14H,9H2,1-5H3,(H,18,19). The molecule has 0 bridgehead atoms. The first-order valence-corrected chi connectivity index (χ1v) is 6.87. The maximum atomic E-state index is 13.2. The minimum Gasteiger partial charge on any atom is -0.352 e. The highest BCUT2D eigenvalue weighted by Crippen LogP contribution is 2.19. The second kappa shape index (κ2) is 6.69. The fourth-order valence-corrected chi connectivity index (χ4v) is 2.34. The van der Waals surface area contributed by atoms with E-state index >= 15 is 0 Å². The number of amides is 1. The largest absolute Gasteiger partial charge is 0.352 e. The Labute approximate surface area is 115 Å². The molecule has 0 atom stereocenters. The average Bonchev–Trinajstić information content (AvgIpc) is 2.31. The molecule has 0 spiro atoms. The van der Waals surface area contributed by atoms with E-state index in [1.54, 1.807) is 13.0 Å². The van der Waals surface area contributed by atoms with E-state index in [1.165, 1.54) is 12.1 Å². The third-order valence-corrected chi connectivity index (χ3v) is 3.63. The summed E-state index contributed by atoms with van der Waals surface area (Å²) < 4.78 is 13.2. The van der Waals surface area contributed by atoms with E-state index in [2.05, 4.69) is 33.0 Å². The van der Waals surface area contributed by atoms with E-state index in [9.17, 15) is 9.18 Å². The summed E-state index contributed by atoms with van der Waals surface area (Å²) in [6, 6.07) is 4.45. The Morgan fingerprint density at radius 2 is 1.79 bits per heavy atom. The van der Waals surface area contributed by atoms with Gasteiger partial charge in [-0.1, -0.05) is 27.7 Å². The highest BCUT2D eigenvalue weighted by molar-refractivity contribution is 5.94. The summed E-state index contributed by atoms with van der Waals surface area (Å²) in [7, 11) is 0. The van der Waals surface area contributed by atoms with Crippen LogP contribution in [0, 0.1) is 30.5 Å². The van der Waals surface area contributed by atoms with Crippen LogP contribution in [-0.2, 0) is 0 Å². The Kier molecular flexibility index (Phi) is 5.52. The van der Waals surface area contributed by atoms with Crippen LogP contribution in [0.15, 0.2) is 18.2 Å². The van der Waals surface area contributed by atoms with Crippen molar-refractivity contribution in [3.05, 3.63) is 35.1 Å². The number of halogens is 1. The summed E-state index contributed by atoms with van der Waals surface area (Å²) in [4.78, 5) is 12.0. The lowest BCUT2D eigenvalue weighted by molar-refractivity contribution is 0.0937. The summed E-state index contributed by atoms with van der Waals surface area (Å²) in [5.74, 6) is 1.09. The molecule has 0 heterocycles. The predicted octanol–water partition coefficient (Wildman–Crippen LogP) is 3.79. The molecule has 0 aliphatic rings. The van der Waals surface area contributed by atoms with Gasteiger partial charge in [0.25, 0.3) is 5.91 Å². The Balaban J connectivity index is 2.66. The van der Waals surface area contributed by atoms with Crippen LogP contribution in [0.2, 0.25) is 0 Å². The molecular weight excluding hydrogens is 241 g/mol. The summed E-state index contributed by atoms with van der Waals surface area (Å²) >= 11 is 0. The second-order valence-corrected chi connectivity index (χ2v) is 5.83. The highest BCUT2D eigenvalue weighted by atomic mass is 19.1. The number of carbonyl (C=O) groups excluding carboxylic acids is 1. The van der Waals surface area contributed by atoms with Gasteiger partial charge in [0, 0.05) is 12.1 Å². The highest BCUT2D eigenvalue weighted by Gasteiger charge is 2.18. The predicted molar refractivity (Wildman–Crippen MR) is 76.6 cm³/mol. The molecule has 0 unspecified atom stereocenters. The molecule has 3 heteroatoms. The van der Waals surface area contributed by atoms with Crippen molar-refractivity contribution in [3.8, 4) is 0 Å². The smallest absolute Gasteiger partial charge is 0.251 e. The molecule has 2 nitrogen and oxygen atoms in total. The SMILES string of the molecule is Cc1cc(C(=O)NCC(C(C)C)C(C)C)ccc1F. The van der Waals surface area contributed by atoms with Gasteiger partial charge in [-0.05, 0) is 48.4 Å². The van der Waals surface area contributed by atoms with Crippen molar-refractivity contribution in [2.45, 2.75) is 34.6 Å². The van der Waals surface area contributed by atoms with Crippen LogP contribution in [-0.4, -0.2) is 12.5 Å². The summed E-state index contributed by atoms with van der Waals surface area (Å²) in [6.45, 7) is 11.0. The molecule has 1 aromatic rings. The van der Waals surface area contributed by atoms with Crippen LogP contribution in [0.1, 0.15) is 43.6 Å². The Morgan fingerprint density at radius 3 is 2.26 bits per heavy atom. The molecule has 0 saturated carbocycles. The van der Waals surface area contributed by atoms with Gasteiger partial charge < -0.3 is 5.32 Å². The number of hydrogen-bond acceptors (Lipinski definition) is 1. The normalized spacial score (nSPS) is 11.4. The van der Waals surface area contributed by atoms with Crippen molar-refractivity contribution in [3.63, 3.8) is 0 Å². The van der Waals surface area contributed by atoms with Crippen molar-refractivity contribution in [2.75, 3.05) is 6.54 Å². The molecular formula is C16H24FNO. The molecule has 0 aromatic heterocycles. The van der Waals surface area contributed by atoms with Gasteiger partial charge in [0.2, 0.25) is 0 Å². The zero-order valence-corrected chi connectivity index (χ0v) is 12.5. The van der Waals surface area contributed by atoms with Gasteiger partial charge in [-0.3, -0.25) is 4.79 Å². The number of hydrogen-bond donors (Lipinski definition) is 1. The minimum absolute atomic E-state index is 0.130. The number of rotatable bonds is 5. The Bertz CT molecular complexity index is 432. The van der Waals surface area contributed by atoms with Crippen molar-refractivity contribution in [1.82, 2.24) is 5.32 Å². The Hall–Kier alpha value is -1.38. The number of aryl methyl sites for hydroxylation is 1. The second-order valence-electron chi connectivity index (χ2n) is 5.83. The van der Waals surface area contributed by atoms with Crippen molar-refractivity contribution >= 4 is 5.91 Å². The third kappa shape index (κ3) is 4.34. The molecule has 0 aliphatic carbocycles. The third-order valence-electron chi connectivity index (χ3n) is 3.63. The molecule has 0 fully saturated rings. The lowest BCUT2D eigenvalue weighted by Gasteiger charge is -2.25. The van der Waals surface area contributed by atoms with E-state index < -0.39 is 0 Å². The van der Waals surface area contributed by atoms with Gasteiger partial charge >= 0.3 is 0 Å². The van der Waals surface area contributed by atoms with Crippen molar-refractivity contribution in [1.29, 1.82) is 0 Å². The van der Waals surface area contributed by atoms with Crippen LogP contribution < -0.4 is 5.32 Å². The first-order chi connectivity index (χ1) is 8.82. The first-order valence-electron chi connectivity index (χ1n) is 6.87. The van der Waals surface area contributed by atoms with Gasteiger partial charge in [0.1, 0.15) is 5.82 Å². The van der Waals surface area contributed by atoms with Gasteiger partial charge in [0.05, 0.1) is 0 Å². The maximum Gasteiger partial charge on any atom is 0.251 e. The monoisotopic (exact) mass is 265 g/mol. The van der Waals surface area contributed by atoms with Crippen molar-refractivity contribution in [2.24, 2.45) is 17.8 Å². The van der Waals surface area contributed by atoms with Gasteiger partial charge in [-0.25, -0.2) is 4.39 Å². The number of benzene rings is 1. The molecule has 1 aromatic carbocycles. The van der Waals surface area contributed by atoms with Gasteiger partial charge in [-0.15, -0.1) is 0 Å². The molecule has 106 valence electrons. The lowest BCUT2D eigenvalue weighted by Crippen LogP contribution is -2.34. The fourth-order valence-electron chi connectivity index (χ4n) is 2.34. The van der Waals surface area contributed by atoms with Crippen molar-refractivity contribution < 1.29 is 9.18 Å². The van der Waals surface area contributed by atoms with E-state index in [-0.39, 0.29) is 11.7 Å². The topological polar surface area (TPSA) is 29.1 Å². The van der Waals surface area contributed by atoms with Crippen LogP contribution in [0.3, 0.4) is 0 Å². The minimum atomic E-state index is -0.279. The molecule has 1 amide bonds. The molecule has 19 heavy (non-hydrogen) atoms. The first kappa shape index (κ1) is 15.7. The summed E-state index contributed by atoms with van der Waals surface area (Å²) in [5.41, 5.74) is 1.02. The molecule has 1 N–H and O–H groups in total. The quantitative estimate of drug-likeness (QED) is 0.862. The number of carbonyl (C=O) groups is 1. The lowest BCUT2D eigenvalue weighted by atomic mass is 9.85. The molecule has 0 saturated heterocycles. The summed E-state index contributed by atoms with van der Waals surface area (Å²) in [6.07, 6.45) is 0. The molecule has 0 radical (unpaired) electrons. The maximum absolute atomic E-state index is 13.2. The van der Waals surface area contributed by atoms with Crippen LogP contribution in [0.4, 0.5) is 4.39 Å². The zero-order valence-electron chi connectivity index (χ0n) is 12.5. The van der Waals surface area contributed by atoms with E-state index in [0.29, 0.717) is 35.4 Å². The average molecular weight is 265 g/mol. The number of nitrogens with one attached hydrogen (secondary N) is 1. The van der Waals surface area contributed by atoms with Crippen LogP contribution in [0.25, 0.3) is 0 Å². The van der Waals surface area contributed by atoms with Gasteiger partial charge in [-0.2, -0.15) is 0 Å². The molecule has 1 rings (SSSR count). The van der Waals surface area contributed by atoms with Crippen LogP contribution in [0.5, 0.6) is 0 Å². The van der Waals surface area contributed by atoms with Crippen LogP contribution >= 0.6 is 0 Å². The summed E-state index contributed by atoms with van der Waals surface area (Å²) in [5, 5.41) is 2.95.